The molecule has 0 bridgehead atoms. The summed E-state index contributed by atoms with van der Waals surface area (Å²) >= 11 is 0. The van der Waals surface area contributed by atoms with Gasteiger partial charge in [0.25, 0.3) is 0 Å². The number of pyridine rings is 1. The van der Waals surface area contributed by atoms with Crippen LogP contribution < -0.4 is 5.32 Å². The Hall–Kier alpha value is -3.06. The highest BCUT2D eigenvalue weighted by Crippen LogP contribution is 2.33. The zero-order valence-electron chi connectivity index (χ0n) is 15.8. The van der Waals surface area contributed by atoms with E-state index >= 15 is 0 Å². The van der Waals surface area contributed by atoms with Crippen LogP contribution in [0.5, 0.6) is 0 Å². The van der Waals surface area contributed by atoms with Crippen molar-refractivity contribution < 1.29 is 9.53 Å². The molecule has 1 N–H and O–H groups in total. The summed E-state index contributed by atoms with van der Waals surface area (Å²) < 4.78 is 7.57. The van der Waals surface area contributed by atoms with E-state index in [1.54, 1.807) is 11.0 Å². The van der Waals surface area contributed by atoms with Crippen molar-refractivity contribution >= 4 is 5.91 Å². The summed E-state index contributed by atoms with van der Waals surface area (Å²) in [7, 11) is 0. The quantitative estimate of drug-likeness (QED) is 0.739. The van der Waals surface area contributed by atoms with Crippen LogP contribution in [0.3, 0.4) is 0 Å². The monoisotopic (exact) mass is 377 g/mol. The van der Waals surface area contributed by atoms with Crippen LogP contribution in [0.1, 0.15) is 35.8 Å². The van der Waals surface area contributed by atoms with Gasteiger partial charge in [0.2, 0.25) is 5.91 Å². The number of nitrogens with one attached hydrogen (secondary N) is 1. The molecule has 0 saturated carbocycles. The zero-order chi connectivity index (χ0) is 19.3. The number of carbonyl (C=O) groups is 1. The van der Waals surface area contributed by atoms with Gasteiger partial charge < -0.3 is 10.1 Å². The van der Waals surface area contributed by atoms with E-state index in [1.165, 1.54) is 6.33 Å². The normalized spacial score (nSPS) is 19.3. The summed E-state index contributed by atoms with van der Waals surface area (Å²) in [6.07, 6.45) is 4.57. The van der Waals surface area contributed by atoms with Crippen LogP contribution in [0.2, 0.25) is 0 Å². The Bertz CT molecular complexity index is 927. The molecule has 0 spiro atoms. The van der Waals surface area contributed by atoms with E-state index in [0.29, 0.717) is 19.0 Å². The standard InChI is InChI=1S/C21H23N5O2/c1-15-9-10-17(20(25-15)26-14-22-13-24-26)12-23-21(27)18-8-5-11-28-19(18)16-6-3-2-4-7-16/h2-4,6-7,9-10,13-14,18-19H,5,8,11-12H2,1H3,(H,23,27)/t18-,19+/m0/s1. The molecule has 1 amide bonds. The first kappa shape index (κ1) is 18.3. The van der Waals surface area contributed by atoms with E-state index in [1.807, 2.05) is 49.4 Å². The summed E-state index contributed by atoms with van der Waals surface area (Å²) in [6, 6.07) is 13.8. The molecule has 3 heterocycles. The van der Waals surface area contributed by atoms with Gasteiger partial charge in [0, 0.05) is 24.4 Å². The fourth-order valence-corrected chi connectivity index (χ4v) is 3.56. The van der Waals surface area contributed by atoms with Gasteiger partial charge in [0.1, 0.15) is 12.7 Å². The van der Waals surface area contributed by atoms with Crippen LogP contribution in [0.25, 0.3) is 5.82 Å². The van der Waals surface area contributed by atoms with E-state index in [9.17, 15) is 4.79 Å². The van der Waals surface area contributed by atoms with Gasteiger partial charge in [-0.25, -0.2) is 14.6 Å². The lowest BCUT2D eigenvalue weighted by Crippen LogP contribution is -2.37. The molecule has 1 aliphatic rings. The molecule has 0 unspecified atom stereocenters. The van der Waals surface area contributed by atoms with Crippen LogP contribution in [0, 0.1) is 12.8 Å². The molecular formula is C21H23N5O2. The number of ether oxygens (including phenoxy) is 1. The van der Waals surface area contributed by atoms with E-state index in [2.05, 4.69) is 20.4 Å². The number of nitrogens with zero attached hydrogens (tertiary/aromatic N) is 4. The second-order valence-electron chi connectivity index (χ2n) is 6.94. The highest BCUT2D eigenvalue weighted by Gasteiger charge is 2.32. The van der Waals surface area contributed by atoms with Crippen LogP contribution in [0.4, 0.5) is 0 Å². The average Bonchev–Trinajstić information content (AvgIpc) is 3.28. The second kappa shape index (κ2) is 8.31. The molecule has 0 aliphatic carbocycles. The van der Waals surface area contributed by atoms with Gasteiger partial charge in [0.05, 0.1) is 12.0 Å². The highest BCUT2D eigenvalue weighted by atomic mass is 16.5. The summed E-state index contributed by atoms with van der Waals surface area (Å²) in [4.78, 5) is 21.5. The van der Waals surface area contributed by atoms with Gasteiger partial charge in [-0.1, -0.05) is 36.4 Å². The average molecular weight is 377 g/mol. The topological polar surface area (TPSA) is 81.9 Å². The fraction of sp³-hybridized carbons (Fsp3) is 0.333. The lowest BCUT2D eigenvalue weighted by Gasteiger charge is -2.31. The molecule has 1 aliphatic heterocycles. The first-order valence-electron chi connectivity index (χ1n) is 9.48. The minimum Gasteiger partial charge on any atom is -0.373 e. The first-order chi connectivity index (χ1) is 13.7. The maximum absolute atomic E-state index is 13.0. The molecule has 2 aromatic heterocycles. The van der Waals surface area contributed by atoms with Crippen molar-refractivity contribution in [2.24, 2.45) is 5.92 Å². The molecule has 7 heteroatoms. The lowest BCUT2D eigenvalue weighted by atomic mass is 9.88. The molecule has 1 saturated heterocycles. The number of carbonyl (C=O) groups excluding carboxylic acids is 1. The number of aryl methyl sites for hydroxylation is 1. The van der Waals surface area contributed by atoms with Crippen molar-refractivity contribution in [3.63, 3.8) is 0 Å². The predicted octanol–water partition coefficient (Wildman–Crippen LogP) is 2.75. The molecule has 144 valence electrons. The fourth-order valence-electron chi connectivity index (χ4n) is 3.56. The number of aromatic nitrogens is 4. The van der Waals surface area contributed by atoms with Crippen molar-refractivity contribution in [2.45, 2.75) is 32.4 Å². The molecule has 3 aromatic rings. The Balaban J connectivity index is 1.50. The van der Waals surface area contributed by atoms with Gasteiger partial charge in [-0.05, 0) is 31.4 Å². The maximum Gasteiger partial charge on any atom is 0.226 e. The third kappa shape index (κ3) is 3.94. The minimum atomic E-state index is -0.208. The van der Waals surface area contributed by atoms with Crippen molar-refractivity contribution in [1.82, 2.24) is 25.1 Å². The van der Waals surface area contributed by atoms with Crippen LogP contribution in [0.15, 0.2) is 55.1 Å². The Labute approximate surface area is 163 Å². The molecule has 2 atom stereocenters. The van der Waals surface area contributed by atoms with Crippen molar-refractivity contribution in [2.75, 3.05) is 6.61 Å². The zero-order valence-corrected chi connectivity index (χ0v) is 15.8. The van der Waals surface area contributed by atoms with Crippen molar-refractivity contribution in [3.8, 4) is 5.82 Å². The molecular weight excluding hydrogens is 354 g/mol. The molecule has 28 heavy (non-hydrogen) atoms. The minimum absolute atomic E-state index is 0.00123. The molecule has 7 nitrogen and oxygen atoms in total. The summed E-state index contributed by atoms with van der Waals surface area (Å²) in [5, 5.41) is 7.24. The van der Waals surface area contributed by atoms with E-state index < -0.39 is 0 Å². The number of hydrogen-bond acceptors (Lipinski definition) is 5. The van der Waals surface area contributed by atoms with Crippen LogP contribution >= 0.6 is 0 Å². The first-order valence-corrected chi connectivity index (χ1v) is 9.48. The van der Waals surface area contributed by atoms with Crippen molar-refractivity contribution in [1.29, 1.82) is 0 Å². The maximum atomic E-state index is 13.0. The SMILES string of the molecule is Cc1ccc(CNC(=O)[C@H]2CCCO[C@@H]2c2ccccc2)c(-n2cncn2)n1. The van der Waals surface area contributed by atoms with Gasteiger partial charge >= 0.3 is 0 Å². The van der Waals surface area contributed by atoms with E-state index in [0.717, 1.165) is 29.7 Å². The number of amides is 1. The third-order valence-electron chi connectivity index (χ3n) is 4.97. The van der Waals surface area contributed by atoms with E-state index in [4.69, 9.17) is 4.74 Å². The Morgan fingerprint density at radius 1 is 1.25 bits per heavy atom. The number of benzene rings is 1. The molecule has 1 fully saturated rings. The number of hydrogen-bond donors (Lipinski definition) is 1. The third-order valence-corrected chi connectivity index (χ3v) is 4.97. The van der Waals surface area contributed by atoms with E-state index in [-0.39, 0.29) is 17.9 Å². The summed E-state index contributed by atoms with van der Waals surface area (Å²) in [6.45, 7) is 2.98. The second-order valence-corrected chi connectivity index (χ2v) is 6.94. The molecule has 1 aromatic carbocycles. The Kier molecular flexibility index (Phi) is 5.43. The Morgan fingerprint density at radius 2 is 2.11 bits per heavy atom. The van der Waals surface area contributed by atoms with Crippen LogP contribution in [-0.2, 0) is 16.1 Å². The smallest absolute Gasteiger partial charge is 0.226 e. The van der Waals surface area contributed by atoms with Gasteiger partial charge in [-0.3, -0.25) is 4.79 Å². The molecule has 4 rings (SSSR count). The largest absolute Gasteiger partial charge is 0.373 e. The van der Waals surface area contributed by atoms with Gasteiger partial charge in [0.15, 0.2) is 5.82 Å². The molecule has 0 radical (unpaired) electrons. The summed E-state index contributed by atoms with van der Waals surface area (Å²) in [5.74, 6) is 0.473. The van der Waals surface area contributed by atoms with Crippen LogP contribution in [-0.4, -0.2) is 32.3 Å². The summed E-state index contributed by atoms with van der Waals surface area (Å²) in [5.41, 5.74) is 2.81. The highest BCUT2D eigenvalue weighted by molar-refractivity contribution is 5.79. The lowest BCUT2D eigenvalue weighted by molar-refractivity contribution is -0.134. The predicted molar refractivity (Wildman–Crippen MR) is 104 cm³/mol. The Morgan fingerprint density at radius 3 is 2.89 bits per heavy atom. The van der Waals surface area contributed by atoms with Crippen molar-refractivity contribution in [3.05, 3.63) is 71.9 Å². The number of rotatable bonds is 5. The van der Waals surface area contributed by atoms with Gasteiger partial charge in [-0.2, -0.15) is 5.10 Å². The van der Waals surface area contributed by atoms with Gasteiger partial charge in [-0.15, -0.1) is 0 Å².